The molecule has 0 radical (unpaired) electrons. The number of aliphatic carboxylic acids is 1. The number of hydrogen-bond donors (Lipinski definition) is 34. The Hall–Kier alpha value is -5.14. The van der Waals surface area contributed by atoms with Crippen LogP contribution in [0.1, 0.15) is 41.5 Å². The Labute approximate surface area is 774 Å². The van der Waals surface area contributed by atoms with Gasteiger partial charge in [0.15, 0.2) is 75.3 Å². The average molecular weight is 2000 g/mol. The topological polar surface area (TPSA) is 943 Å². The predicted octanol–water partition coefficient (Wildman–Crippen LogP) is -23.1. The molecule has 11 aliphatic heterocycles. The lowest BCUT2D eigenvalue weighted by atomic mass is 9.93. The number of aliphatic hydroxyl groups is 28. The summed E-state index contributed by atoms with van der Waals surface area (Å²) in [6.07, 6.45) is -111. The molecule has 55 atom stereocenters. The minimum atomic E-state index is -2.77. The van der Waals surface area contributed by atoms with Crippen LogP contribution in [-0.4, -0.2) is 581 Å². The molecule has 0 spiro atoms. The van der Waals surface area contributed by atoms with E-state index in [0.29, 0.717) is 0 Å². The molecule has 11 saturated heterocycles. The third-order valence-electron chi connectivity index (χ3n) is 24.9. The van der Waals surface area contributed by atoms with Crippen molar-refractivity contribution in [1.29, 1.82) is 0 Å². The average Bonchev–Trinajstić information content (AvgIpc) is 0.751. The van der Waals surface area contributed by atoms with Crippen molar-refractivity contribution in [3.05, 3.63) is 0 Å². The Morgan fingerprint density at radius 1 is 0.226 bits per heavy atom. The molecule has 0 aromatic heterocycles. The fraction of sp³-hybridized carbons (Fsp3) is 0.921. The van der Waals surface area contributed by atoms with Crippen molar-refractivity contribution in [2.75, 3.05) is 59.5 Å². The molecule has 137 heavy (non-hydrogen) atoms. The third kappa shape index (κ3) is 25.0. The number of ether oxygens (including phenoxy) is 21. The molecule has 0 aromatic carbocycles. The maximum atomic E-state index is 13.7. The predicted molar refractivity (Wildman–Crippen MR) is 419 cm³/mol. The van der Waals surface area contributed by atoms with E-state index in [0.717, 1.165) is 34.6 Å². The summed E-state index contributed by atoms with van der Waals surface area (Å²) in [5, 5.41) is 340. The lowest BCUT2D eigenvalue weighted by molar-refractivity contribution is -0.406. The number of aliphatic hydroxyl groups excluding tert-OH is 28. The van der Waals surface area contributed by atoms with E-state index in [1.165, 1.54) is 6.92 Å². The van der Waals surface area contributed by atoms with E-state index in [-0.39, 0.29) is 0 Å². The van der Waals surface area contributed by atoms with E-state index < -0.39 is 432 Å². The van der Waals surface area contributed by atoms with Crippen LogP contribution in [0.25, 0.3) is 0 Å². The quantitative estimate of drug-likeness (QED) is 0.0280. The van der Waals surface area contributed by atoms with Crippen LogP contribution in [0.2, 0.25) is 0 Å². The van der Waals surface area contributed by atoms with Gasteiger partial charge in [0.1, 0.15) is 256 Å². The van der Waals surface area contributed by atoms with Gasteiger partial charge in [-0.2, -0.15) is 0 Å². The Balaban J connectivity index is 0.989. The summed E-state index contributed by atoms with van der Waals surface area (Å²) < 4.78 is 126. The maximum absolute atomic E-state index is 13.7. The normalized spacial score (nSPS) is 48.9. The van der Waals surface area contributed by atoms with Crippen LogP contribution in [0.15, 0.2) is 0 Å². The van der Waals surface area contributed by atoms with Crippen molar-refractivity contribution >= 4 is 35.5 Å². The molecule has 0 aromatic rings. The number of amides is 5. The first-order valence-electron chi connectivity index (χ1n) is 43.5. The smallest absolute Gasteiger partial charge is 0.335 e. The van der Waals surface area contributed by atoms with Crippen molar-refractivity contribution in [3.8, 4) is 0 Å². The van der Waals surface area contributed by atoms with Gasteiger partial charge < -0.3 is 274 Å². The SMILES string of the molecule is CC(=O)N[C@@H]1[C@@H](O)[C@H](O[C@@H]2O[C@H](CO)[C@@H](O[C@@H]3O[C@H](CO[C@H]4O[C@H](CO)[C@@H](O)[C@H](O)[C@@H]4O[C@@H]4O[C@H](CO)[C@@H](O)[C@H](O)[C@H]4NC(C)=O)[C@@H](O)[C@H](O[C@H]4O[C@H](CO)[C@@H](O[C@@H]5O[C@H](CO)[C@@H](O)[C@H](O)[C@H]5NC(C)=O)[C@H](O)[C@@H]4O[C@@H]4O[C@H](CO)[C@@H](O)[C@H](O[C@@H]5O[C@H](CO)[C@H](O)[C@H](O[C@@H]6O[C@H](C(=O)O)[C@@H](O)[C@H](O)[C@H]6O)[C@H]5O)[C@H]4NC(C)=O)[C@@H]3O)[C@H](O)[C@H]2NC(C)=O)[C@@H](CO[C@@H]2O[C@@H](C)[C@@H](O)[C@@H](O)[C@@H]2O)O[C@H]1O. The van der Waals surface area contributed by atoms with E-state index in [4.69, 9.17) is 99.5 Å². The molecule has 61 heteroatoms. The summed E-state index contributed by atoms with van der Waals surface area (Å²) in [5.41, 5.74) is 0. The molecule has 0 unspecified atom stereocenters. The number of carboxylic acid groups (broad SMARTS) is 1. The molecule has 61 nitrogen and oxygen atoms in total. The Bertz CT molecular complexity index is 3860. The summed E-state index contributed by atoms with van der Waals surface area (Å²) in [5.74, 6) is -6.83. The van der Waals surface area contributed by atoms with Gasteiger partial charge in [-0.15, -0.1) is 0 Å². The van der Waals surface area contributed by atoms with Crippen molar-refractivity contribution < 1.29 is 276 Å². The van der Waals surface area contributed by atoms with Crippen LogP contribution in [0.3, 0.4) is 0 Å². The van der Waals surface area contributed by atoms with Crippen LogP contribution >= 0.6 is 0 Å². The molecular formula is C76H125N5O56. The minimum Gasteiger partial charge on any atom is -0.479 e. The molecule has 11 aliphatic rings. The highest BCUT2D eigenvalue weighted by Gasteiger charge is 2.63. The molecule has 0 aliphatic carbocycles. The van der Waals surface area contributed by atoms with Gasteiger partial charge in [-0.25, -0.2) is 4.79 Å². The number of carboxylic acids is 1. The lowest BCUT2D eigenvalue weighted by Gasteiger charge is -2.52. The van der Waals surface area contributed by atoms with Gasteiger partial charge in [0.2, 0.25) is 29.5 Å². The number of hydrogen-bond acceptors (Lipinski definition) is 55. The van der Waals surface area contributed by atoms with Gasteiger partial charge in [-0.3, -0.25) is 24.0 Å². The minimum absolute atomic E-state index is 0.829. The van der Waals surface area contributed by atoms with E-state index in [1.807, 2.05) is 0 Å². The van der Waals surface area contributed by atoms with Crippen LogP contribution in [0.4, 0.5) is 0 Å². The van der Waals surface area contributed by atoms with Gasteiger partial charge in [0, 0.05) is 34.6 Å². The first kappa shape index (κ1) is 112. The van der Waals surface area contributed by atoms with Gasteiger partial charge in [-0.05, 0) is 6.92 Å². The summed E-state index contributed by atoms with van der Waals surface area (Å²) in [6, 6.07) is -9.88. The highest BCUT2D eigenvalue weighted by Crippen LogP contribution is 2.42. The standard InChI is InChI=1S/C76H125N5O56/c1-16-36(94)47(105)51(109)71(119-16)117-15-30-58(45(103)31(66(116)120-30)77-17(2)89)130-69-34(80-20(5)92)46(104)56(27(12-87)126-69)131-74-55(113)61(42(100)29(128-74)14-118-75-63(49(107)39(97)24(9-84)125-75)136-68-33(79-19(4)91)44(102)38(96)23(8-83)122-68)134-76-64(53(111)57(28(13-88)127-76)129-67-32(78-18(3)90)43(101)37(95)22(7-82)121-67)137-70-35(81-21(6)93)59(40(98)25(10-85)123-70)132-73-54(112)60(41(99)26(11-86)124-73)133-72-52(110)48(106)50(108)62(135-72)65(114)115/h16,22-64,66-76,82-88,94-113,116H,7-15H2,1-6H3,(H,77,89)(H,78,90)(H,79,91)(H,80,92)(H,81,93)(H,114,115)/t16-,22+,23+,24+,25+,26+,27+,28+,29+,30+,31+,32+,33+,34+,35+,36+,37+,38+,39+,40+,41-,42+,43+,44+,45+,46+,47+,48-,49-,50-,51-,52+,53-,54+,55-,56+,57+,58+,59+,60-,61-,62-,63-,64-,66+,67-,68-,69-,70-,71+,72+,73-,74-,75-,76+/m0/s1. The Morgan fingerprint density at radius 2 is 0.526 bits per heavy atom. The highest BCUT2D eigenvalue weighted by atomic mass is 16.8. The molecule has 11 rings (SSSR count). The summed E-state index contributed by atoms with van der Waals surface area (Å²) >= 11 is 0. The van der Waals surface area contributed by atoms with E-state index in [1.54, 1.807) is 0 Å². The van der Waals surface area contributed by atoms with Gasteiger partial charge in [0.25, 0.3) is 0 Å². The van der Waals surface area contributed by atoms with Gasteiger partial charge >= 0.3 is 5.97 Å². The molecule has 5 amide bonds. The third-order valence-corrected chi connectivity index (χ3v) is 24.9. The van der Waals surface area contributed by atoms with E-state index in [9.17, 15) is 177 Å². The zero-order valence-corrected chi connectivity index (χ0v) is 73.6. The molecule has 11 heterocycles. The van der Waals surface area contributed by atoms with Crippen LogP contribution in [0, 0.1) is 0 Å². The summed E-state index contributed by atoms with van der Waals surface area (Å²) in [4.78, 5) is 77.2. The van der Waals surface area contributed by atoms with Crippen LogP contribution in [0.5, 0.6) is 0 Å². The second-order valence-electron chi connectivity index (χ2n) is 34.6. The molecule has 11 fully saturated rings. The number of carbonyl (C=O) groups is 6. The van der Waals surface area contributed by atoms with Gasteiger partial charge in [0.05, 0.1) is 65.6 Å². The molecule has 0 saturated carbocycles. The van der Waals surface area contributed by atoms with Gasteiger partial charge in [-0.1, -0.05) is 0 Å². The fourth-order valence-corrected chi connectivity index (χ4v) is 17.6. The molecular weight excluding hydrogens is 1880 g/mol. The van der Waals surface area contributed by atoms with Crippen LogP contribution < -0.4 is 26.6 Å². The number of rotatable bonds is 35. The summed E-state index contributed by atoms with van der Waals surface area (Å²) in [7, 11) is 0. The Kier molecular flexibility index (Phi) is 39.9. The monoisotopic (exact) mass is 2000 g/mol. The number of carbonyl (C=O) groups excluding carboxylic acids is 5. The Morgan fingerprint density at radius 3 is 1.00 bits per heavy atom. The van der Waals surface area contributed by atoms with E-state index in [2.05, 4.69) is 26.6 Å². The highest BCUT2D eigenvalue weighted by molar-refractivity contribution is 5.75. The van der Waals surface area contributed by atoms with Crippen molar-refractivity contribution in [2.45, 2.75) is 379 Å². The van der Waals surface area contributed by atoms with Crippen molar-refractivity contribution in [1.82, 2.24) is 26.6 Å². The molecule has 0 bridgehead atoms. The van der Waals surface area contributed by atoms with Crippen molar-refractivity contribution in [3.63, 3.8) is 0 Å². The molecule has 790 valence electrons. The largest absolute Gasteiger partial charge is 0.479 e. The zero-order valence-electron chi connectivity index (χ0n) is 73.6. The summed E-state index contributed by atoms with van der Waals surface area (Å²) in [6.45, 7) is -4.96. The zero-order chi connectivity index (χ0) is 101. The van der Waals surface area contributed by atoms with Crippen molar-refractivity contribution in [2.24, 2.45) is 0 Å². The second kappa shape index (κ2) is 48.7. The fourth-order valence-electron chi connectivity index (χ4n) is 17.6. The van der Waals surface area contributed by atoms with E-state index >= 15 is 0 Å². The molecule has 34 N–H and O–H groups in total. The lowest BCUT2D eigenvalue weighted by Crippen LogP contribution is -2.71. The number of nitrogens with one attached hydrogen (secondary N) is 5. The van der Waals surface area contributed by atoms with Crippen LogP contribution in [-0.2, 0) is 128 Å². The maximum Gasteiger partial charge on any atom is 0.335 e. The second-order valence-corrected chi connectivity index (χ2v) is 34.6. The first-order valence-corrected chi connectivity index (χ1v) is 43.5. The first-order chi connectivity index (χ1) is 64.7.